The van der Waals surface area contributed by atoms with Crippen LogP contribution in [0.4, 0.5) is 0 Å². The highest BCUT2D eigenvalue weighted by Gasteiger charge is 2.08. The molecule has 0 heterocycles. The van der Waals surface area contributed by atoms with Gasteiger partial charge in [0.05, 0.1) is 12.7 Å². The maximum atomic E-state index is 11.9. The van der Waals surface area contributed by atoms with Gasteiger partial charge < -0.3 is 24.3 Å². The minimum atomic E-state index is -0.0159. The van der Waals surface area contributed by atoms with Crippen LogP contribution in [-0.4, -0.2) is 68.3 Å². The number of aliphatic hydroxyl groups excluding tert-OH is 1. The second-order valence-corrected chi connectivity index (χ2v) is 16.9. The highest BCUT2D eigenvalue weighted by molar-refractivity contribution is 5.69. The largest absolute Gasteiger partial charge is 0.466 e. The van der Waals surface area contributed by atoms with Gasteiger partial charge in [-0.05, 0) is 64.5 Å². The molecule has 0 aliphatic heterocycles. The third kappa shape index (κ3) is 49.2. The lowest BCUT2D eigenvalue weighted by Gasteiger charge is -2.22. The highest BCUT2D eigenvalue weighted by atomic mass is 16.5. The maximum absolute atomic E-state index is 11.9. The summed E-state index contributed by atoms with van der Waals surface area (Å²) in [5.74, 6) is -0.0159. The Morgan fingerprint density at radius 3 is 1.30 bits per heavy atom. The summed E-state index contributed by atoms with van der Waals surface area (Å²) in [4.78, 5) is 24.8. The third-order valence-corrected chi connectivity index (χ3v) is 11.4. The van der Waals surface area contributed by atoms with E-state index in [4.69, 9.17) is 9.47 Å². The number of nitrogens with zero attached hydrogens (tertiary/aromatic N) is 1. The molecule has 0 fully saturated rings. The zero-order valence-corrected chi connectivity index (χ0v) is 38.6. The van der Waals surface area contributed by atoms with Crippen LogP contribution in [0.2, 0.25) is 0 Å². The predicted octanol–water partition coefficient (Wildman–Crippen LogP) is 14.9. The molecule has 1 N–H and O–H groups in total. The SMILES string of the molecule is CCCCCCCCCC(CCCCCCCC)OC.CCCCCCCCCCCOC(=O)CCCCCCCCN(CCCO)CCCCCCCC=O. The van der Waals surface area contributed by atoms with Gasteiger partial charge in [-0.3, -0.25) is 4.79 Å². The van der Waals surface area contributed by atoms with E-state index in [1.54, 1.807) is 0 Å². The molecule has 0 amide bonds. The normalized spacial score (nSPS) is 11.8. The number of ether oxygens (including phenoxy) is 2. The number of rotatable bonds is 46. The van der Waals surface area contributed by atoms with Crippen LogP contribution in [0.5, 0.6) is 0 Å². The van der Waals surface area contributed by atoms with Crippen molar-refractivity contribution in [2.45, 2.75) is 271 Å². The first-order valence-corrected chi connectivity index (χ1v) is 25.0. The fourth-order valence-electron chi connectivity index (χ4n) is 7.57. The Morgan fingerprint density at radius 2 is 0.875 bits per heavy atom. The molecule has 0 spiro atoms. The second-order valence-electron chi connectivity index (χ2n) is 16.9. The van der Waals surface area contributed by atoms with Crippen LogP contribution in [0.25, 0.3) is 0 Å². The van der Waals surface area contributed by atoms with Crippen LogP contribution in [0.1, 0.15) is 265 Å². The molecule has 0 aliphatic rings. The number of aliphatic hydroxyl groups is 1. The second kappa shape index (κ2) is 52.0. The summed E-state index contributed by atoms with van der Waals surface area (Å²) in [6.45, 7) is 10.9. The first kappa shape index (κ1) is 57.1. The van der Waals surface area contributed by atoms with Crippen molar-refractivity contribution in [3.63, 3.8) is 0 Å². The first-order chi connectivity index (χ1) is 27.6. The number of esters is 1. The van der Waals surface area contributed by atoms with Gasteiger partial charge >= 0.3 is 5.97 Å². The number of hydrogen-bond donors (Lipinski definition) is 1. The van der Waals surface area contributed by atoms with Gasteiger partial charge in [-0.25, -0.2) is 0 Å². The van der Waals surface area contributed by atoms with Gasteiger partial charge in [-0.2, -0.15) is 0 Å². The summed E-state index contributed by atoms with van der Waals surface area (Å²) in [5.41, 5.74) is 0. The molecule has 0 saturated heterocycles. The molecular weight excluding hydrogens is 695 g/mol. The van der Waals surface area contributed by atoms with Crippen LogP contribution < -0.4 is 0 Å². The molecule has 1 atom stereocenters. The van der Waals surface area contributed by atoms with E-state index in [1.165, 1.54) is 193 Å². The topological polar surface area (TPSA) is 76.1 Å². The Morgan fingerprint density at radius 1 is 0.500 bits per heavy atom. The summed E-state index contributed by atoms with van der Waals surface area (Å²) in [5, 5.41) is 9.17. The molecule has 56 heavy (non-hydrogen) atoms. The van der Waals surface area contributed by atoms with E-state index in [0.29, 0.717) is 25.6 Å². The summed E-state index contributed by atoms with van der Waals surface area (Å²) in [6, 6.07) is 0. The van der Waals surface area contributed by atoms with Crippen molar-refractivity contribution in [2.75, 3.05) is 40.0 Å². The molecule has 0 radical (unpaired) electrons. The Balaban J connectivity index is 0. The van der Waals surface area contributed by atoms with Crippen LogP contribution in [0.3, 0.4) is 0 Å². The molecule has 0 aromatic rings. The predicted molar refractivity (Wildman–Crippen MR) is 244 cm³/mol. The molecule has 6 heteroatoms. The van der Waals surface area contributed by atoms with E-state index >= 15 is 0 Å². The van der Waals surface area contributed by atoms with Crippen molar-refractivity contribution < 1.29 is 24.2 Å². The smallest absolute Gasteiger partial charge is 0.305 e. The van der Waals surface area contributed by atoms with Crippen LogP contribution in [0, 0.1) is 0 Å². The molecule has 0 saturated carbocycles. The first-order valence-electron chi connectivity index (χ1n) is 25.0. The Bertz CT molecular complexity index is 734. The molecule has 0 rings (SSSR count). The summed E-state index contributed by atoms with van der Waals surface area (Å²) in [6.07, 6.45) is 48.8. The zero-order chi connectivity index (χ0) is 41.3. The number of methoxy groups -OCH3 is 1. The van der Waals surface area contributed by atoms with E-state index in [2.05, 4.69) is 25.7 Å². The fraction of sp³-hybridized carbons (Fsp3) is 0.960. The molecule has 0 aromatic heterocycles. The molecule has 0 aromatic carbocycles. The van der Waals surface area contributed by atoms with Crippen molar-refractivity contribution in [3.05, 3.63) is 0 Å². The number of carbonyl (C=O) groups excluding carboxylic acids is 2. The number of unbranched alkanes of at least 4 members (excludes halogenated alkanes) is 29. The van der Waals surface area contributed by atoms with Gasteiger partial charge in [-0.1, -0.05) is 201 Å². The molecule has 336 valence electrons. The summed E-state index contributed by atoms with van der Waals surface area (Å²) < 4.78 is 11.0. The molecule has 1 unspecified atom stereocenters. The van der Waals surface area contributed by atoms with E-state index < -0.39 is 0 Å². The minimum Gasteiger partial charge on any atom is -0.466 e. The zero-order valence-electron chi connectivity index (χ0n) is 38.6. The lowest BCUT2D eigenvalue weighted by molar-refractivity contribution is -0.143. The summed E-state index contributed by atoms with van der Waals surface area (Å²) in [7, 11) is 1.89. The lowest BCUT2D eigenvalue weighted by Crippen LogP contribution is -2.27. The van der Waals surface area contributed by atoms with Gasteiger partial charge in [0, 0.05) is 33.1 Å². The van der Waals surface area contributed by atoms with Crippen molar-refractivity contribution in [1.29, 1.82) is 0 Å². The number of aldehydes is 1. The molecular formula is C50H101NO5. The van der Waals surface area contributed by atoms with Crippen molar-refractivity contribution in [1.82, 2.24) is 4.90 Å². The Kier molecular flexibility index (Phi) is 53.1. The van der Waals surface area contributed by atoms with Gasteiger partial charge in [-0.15, -0.1) is 0 Å². The Labute approximate surface area is 351 Å². The highest BCUT2D eigenvalue weighted by Crippen LogP contribution is 2.17. The standard InChI is InChI=1S/C31H61NO4.C19H40O/c1-2-3-4-5-6-7-12-17-22-30-36-31(35)24-18-13-8-9-14-19-25-32(27-23-29-34)26-20-15-10-11-16-21-28-33;1-4-6-8-10-12-14-16-18-19(20-3)17-15-13-11-9-7-5-2/h28,34H,2-27,29-30H2,1H3;19H,4-18H2,1-3H3. The lowest BCUT2D eigenvalue weighted by atomic mass is 10.0. The molecule has 6 nitrogen and oxygen atoms in total. The van der Waals surface area contributed by atoms with Gasteiger partial charge in [0.25, 0.3) is 0 Å². The average Bonchev–Trinajstić information content (AvgIpc) is 3.21. The Hall–Kier alpha value is -0.980. The van der Waals surface area contributed by atoms with Crippen LogP contribution in [-0.2, 0) is 19.1 Å². The van der Waals surface area contributed by atoms with Gasteiger partial charge in [0.15, 0.2) is 0 Å². The van der Waals surface area contributed by atoms with Crippen LogP contribution >= 0.6 is 0 Å². The maximum Gasteiger partial charge on any atom is 0.305 e. The van der Waals surface area contributed by atoms with E-state index in [0.717, 1.165) is 64.4 Å². The molecule has 0 bridgehead atoms. The van der Waals surface area contributed by atoms with Crippen molar-refractivity contribution in [2.24, 2.45) is 0 Å². The monoisotopic (exact) mass is 796 g/mol. The van der Waals surface area contributed by atoms with Crippen molar-refractivity contribution in [3.8, 4) is 0 Å². The average molecular weight is 796 g/mol. The summed E-state index contributed by atoms with van der Waals surface area (Å²) >= 11 is 0. The quantitative estimate of drug-likeness (QED) is 0.0376. The fourth-order valence-corrected chi connectivity index (χ4v) is 7.57. The van der Waals surface area contributed by atoms with Crippen LogP contribution in [0.15, 0.2) is 0 Å². The van der Waals surface area contributed by atoms with E-state index in [9.17, 15) is 14.7 Å². The van der Waals surface area contributed by atoms with Crippen molar-refractivity contribution >= 4 is 12.3 Å². The van der Waals surface area contributed by atoms with E-state index in [1.807, 2.05) is 7.11 Å². The van der Waals surface area contributed by atoms with Gasteiger partial charge in [0.1, 0.15) is 6.29 Å². The third-order valence-electron chi connectivity index (χ3n) is 11.4. The van der Waals surface area contributed by atoms with Gasteiger partial charge in [0.2, 0.25) is 0 Å². The number of carbonyl (C=O) groups is 2. The minimum absolute atomic E-state index is 0.0159. The number of hydrogen-bond acceptors (Lipinski definition) is 6. The molecule has 0 aliphatic carbocycles. The van der Waals surface area contributed by atoms with E-state index in [-0.39, 0.29) is 12.6 Å².